The highest BCUT2D eigenvalue weighted by Crippen LogP contribution is 2.13. The number of nitrogens with one attached hydrogen (secondary N) is 2. The van der Waals surface area contributed by atoms with E-state index in [9.17, 15) is 14.4 Å². The summed E-state index contributed by atoms with van der Waals surface area (Å²) in [6, 6.07) is 4.67. The molecule has 0 aliphatic carbocycles. The smallest absolute Gasteiger partial charge is 0.316 e. The first-order chi connectivity index (χ1) is 9.38. The van der Waals surface area contributed by atoms with E-state index in [0.717, 1.165) is 0 Å². The SMILES string of the molecule is NC(=O)Nc1ccc(NC(=O)C(N)CCC(=O)O)cc1. The number of primary amides is 1. The van der Waals surface area contributed by atoms with Crippen molar-refractivity contribution in [2.75, 3.05) is 10.6 Å². The molecule has 0 saturated carbocycles. The van der Waals surface area contributed by atoms with Gasteiger partial charge in [-0.25, -0.2) is 4.79 Å². The predicted molar refractivity (Wildman–Crippen MR) is 73.1 cm³/mol. The minimum Gasteiger partial charge on any atom is -0.481 e. The summed E-state index contributed by atoms with van der Waals surface area (Å²) in [5.41, 5.74) is 11.5. The number of urea groups is 1. The van der Waals surface area contributed by atoms with E-state index in [1.165, 1.54) is 0 Å². The molecule has 1 atom stereocenters. The molecule has 0 aliphatic heterocycles. The highest BCUT2D eigenvalue weighted by Gasteiger charge is 2.14. The molecule has 1 rings (SSSR count). The van der Waals surface area contributed by atoms with Crippen molar-refractivity contribution in [3.8, 4) is 0 Å². The van der Waals surface area contributed by atoms with E-state index in [1.54, 1.807) is 24.3 Å². The number of hydrogen-bond donors (Lipinski definition) is 5. The van der Waals surface area contributed by atoms with Crippen LogP contribution in [0.4, 0.5) is 16.2 Å². The molecular weight excluding hydrogens is 264 g/mol. The number of nitrogens with two attached hydrogens (primary N) is 2. The van der Waals surface area contributed by atoms with Gasteiger partial charge in [-0.2, -0.15) is 0 Å². The lowest BCUT2D eigenvalue weighted by Crippen LogP contribution is -2.36. The normalized spacial score (nSPS) is 11.4. The summed E-state index contributed by atoms with van der Waals surface area (Å²) in [7, 11) is 0. The molecule has 7 N–H and O–H groups in total. The fourth-order valence-corrected chi connectivity index (χ4v) is 1.42. The number of carboxylic acids is 1. The molecule has 0 radical (unpaired) electrons. The molecule has 0 spiro atoms. The fourth-order valence-electron chi connectivity index (χ4n) is 1.42. The Morgan fingerprint density at radius 3 is 2.05 bits per heavy atom. The molecule has 108 valence electrons. The Labute approximate surface area is 115 Å². The Kier molecular flexibility index (Phi) is 5.48. The molecule has 1 unspecified atom stereocenters. The number of amides is 3. The first kappa shape index (κ1) is 15.4. The summed E-state index contributed by atoms with van der Waals surface area (Å²) in [4.78, 5) is 32.7. The quantitative estimate of drug-likeness (QED) is 0.508. The molecular formula is C12H16N4O4. The van der Waals surface area contributed by atoms with Gasteiger partial charge in [0.15, 0.2) is 0 Å². The molecule has 0 aliphatic rings. The van der Waals surface area contributed by atoms with Gasteiger partial charge in [0.05, 0.1) is 6.04 Å². The predicted octanol–water partition coefficient (Wildman–Crippen LogP) is 0.308. The maximum atomic E-state index is 11.7. The molecule has 1 aromatic rings. The van der Waals surface area contributed by atoms with Crippen LogP contribution in [0.2, 0.25) is 0 Å². The Hall–Kier alpha value is -2.61. The summed E-state index contributed by atoms with van der Waals surface area (Å²) in [5.74, 6) is -1.48. The zero-order valence-electron chi connectivity index (χ0n) is 10.6. The average Bonchev–Trinajstić information content (AvgIpc) is 2.37. The maximum Gasteiger partial charge on any atom is 0.316 e. The molecule has 20 heavy (non-hydrogen) atoms. The van der Waals surface area contributed by atoms with Crippen LogP contribution in [0.5, 0.6) is 0 Å². The number of benzene rings is 1. The van der Waals surface area contributed by atoms with Crippen LogP contribution in [0.15, 0.2) is 24.3 Å². The average molecular weight is 280 g/mol. The Balaban J connectivity index is 2.53. The number of anilines is 2. The van der Waals surface area contributed by atoms with Crippen molar-refractivity contribution in [3.63, 3.8) is 0 Å². The number of carbonyl (C=O) groups excluding carboxylic acids is 2. The van der Waals surface area contributed by atoms with Gasteiger partial charge in [0, 0.05) is 17.8 Å². The lowest BCUT2D eigenvalue weighted by molar-refractivity contribution is -0.137. The third-order valence-electron chi connectivity index (χ3n) is 2.43. The second-order valence-electron chi connectivity index (χ2n) is 4.09. The molecule has 0 heterocycles. The van der Waals surface area contributed by atoms with Gasteiger partial charge in [0.2, 0.25) is 5.91 Å². The second-order valence-corrected chi connectivity index (χ2v) is 4.09. The summed E-state index contributed by atoms with van der Waals surface area (Å²) in [6.07, 6.45) is -0.113. The number of carbonyl (C=O) groups is 3. The zero-order chi connectivity index (χ0) is 15.1. The summed E-state index contributed by atoms with van der Waals surface area (Å²) < 4.78 is 0. The monoisotopic (exact) mass is 280 g/mol. The Morgan fingerprint density at radius 2 is 1.60 bits per heavy atom. The van der Waals surface area contributed by atoms with Gasteiger partial charge in [0.1, 0.15) is 0 Å². The minimum absolute atomic E-state index is 0.0580. The first-order valence-electron chi connectivity index (χ1n) is 5.83. The number of hydrogen-bond acceptors (Lipinski definition) is 4. The molecule has 0 saturated heterocycles. The third kappa shape index (κ3) is 5.36. The standard InChI is InChI=1S/C12H16N4O4/c13-9(5-6-10(17)18)11(19)15-7-1-3-8(4-2-7)16-12(14)20/h1-4,9H,5-6,13H2,(H,15,19)(H,17,18)(H3,14,16,20). The second kappa shape index (κ2) is 7.10. The van der Waals surface area contributed by atoms with Crippen LogP contribution in [0.1, 0.15) is 12.8 Å². The van der Waals surface area contributed by atoms with Crippen LogP contribution in [0.25, 0.3) is 0 Å². The van der Waals surface area contributed by atoms with E-state index in [4.69, 9.17) is 16.6 Å². The summed E-state index contributed by atoms with van der Waals surface area (Å²) in [5, 5.41) is 13.4. The van der Waals surface area contributed by atoms with Crippen molar-refractivity contribution in [2.45, 2.75) is 18.9 Å². The van der Waals surface area contributed by atoms with Gasteiger partial charge in [-0.15, -0.1) is 0 Å². The van der Waals surface area contributed by atoms with Crippen LogP contribution in [0.3, 0.4) is 0 Å². The third-order valence-corrected chi connectivity index (χ3v) is 2.43. The lowest BCUT2D eigenvalue weighted by Gasteiger charge is -2.11. The van der Waals surface area contributed by atoms with E-state index < -0.39 is 23.9 Å². The Bertz CT molecular complexity index is 501. The first-order valence-corrected chi connectivity index (χ1v) is 5.83. The van der Waals surface area contributed by atoms with Crippen LogP contribution < -0.4 is 22.1 Å². The van der Waals surface area contributed by atoms with Crippen molar-refractivity contribution < 1.29 is 19.5 Å². The molecule has 3 amide bonds. The van der Waals surface area contributed by atoms with Crippen molar-refractivity contribution in [3.05, 3.63) is 24.3 Å². The molecule has 8 heteroatoms. The summed E-state index contributed by atoms with van der Waals surface area (Å²) in [6.45, 7) is 0. The minimum atomic E-state index is -1.00. The Morgan fingerprint density at radius 1 is 1.10 bits per heavy atom. The fraction of sp³-hybridized carbons (Fsp3) is 0.250. The van der Waals surface area contributed by atoms with E-state index in [-0.39, 0.29) is 12.8 Å². The van der Waals surface area contributed by atoms with E-state index >= 15 is 0 Å². The molecule has 0 bridgehead atoms. The molecule has 1 aromatic carbocycles. The largest absolute Gasteiger partial charge is 0.481 e. The molecule has 0 aromatic heterocycles. The molecule has 0 fully saturated rings. The highest BCUT2D eigenvalue weighted by molar-refractivity contribution is 5.95. The summed E-state index contributed by atoms with van der Waals surface area (Å²) >= 11 is 0. The van der Waals surface area contributed by atoms with Gasteiger partial charge < -0.3 is 27.2 Å². The van der Waals surface area contributed by atoms with Crippen molar-refractivity contribution in [1.29, 1.82) is 0 Å². The lowest BCUT2D eigenvalue weighted by atomic mass is 10.1. The zero-order valence-corrected chi connectivity index (χ0v) is 10.6. The van der Waals surface area contributed by atoms with E-state index in [0.29, 0.717) is 11.4 Å². The number of rotatable bonds is 6. The maximum absolute atomic E-state index is 11.7. The van der Waals surface area contributed by atoms with Crippen LogP contribution in [-0.2, 0) is 9.59 Å². The number of aliphatic carboxylic acids is 1. The van der Waals surface area contributed by atoms with Gasteiger partial charge >= 0.3 is 12.0 Å². The molecule has 8 nitrogen and oxygen atoms in total. The van der Waals surface area contributed by atoms with Crippen molar-refractivity contribution >= 4 is 29.3 Å². The van der Waals surface area contributed by atoms with Gasteiger partial charge in [-0.3, -0.25) is 9.59 Å². The van der Waals surface area contributed by atoms with E-state index in [2.05, 4.69) is 10.6 Å². The van der Waals surface area contributed by atoms with Crippen molar-refractivity contribution in [2.24, 2.45) is 11.5 Å². The topological polar surface area (TPSA) is 148 Å². The van der Waals surface area contributed by atoms with Crippen LogP contribution in [-0.4, -0.2) is 29.1 Å². The van der Waals surface area contributed by atoms with Gasteiger partial charge in [0.25, 0.3) is 0 Å². The van der Waals surface area contributed by atoms with Gasteiger partial charge in [-0.05, 0) is 30.7 Å². The van der Waals surface area contributed by atoms with Crippen molar-refractivity contribution in [1.82, 2.24) is 0 Å². The van der Waals surface area contributed by atoms with Crippen LogP contribution in [0, 0.1) is 0 Å². The highest BCUT2D eigenvalue weighted by atomic mass is 16.4. The van der Waals surface area contributed by atoms with E-state index in [1.807, 2.05) is 0 Å². The van der Waals surface area contributed by atoms with Crippen LogP contribution >= 0.6 is 0 Å². The number of carboxylic acid groups (broad SMARTS) is 1. The van der Waals surface area contributed by atoms with Gasteiger partial charge in [-0.1, -0.05) is 0 Å².